The molecule has 1 aliphatic rings. The molecule has 3 N–H and O–H groups in total. The number of aliphatic carboxylic acids is 1. The van der Waals surface area contributed by atoms with Crippen LogP contribution < -0.4 is 5.73 Å². The Labute approximate surface area is 107 Å². The number of nitrogens with two attached hydrogens (primary N) is 1. The van der Waals surface area contributed by atoms with Gasteiger partial charge >= 0.3 is 5.97 Å². The summed E-state index contributed by atoms with van der Waals surface area (Å²) < 4.78 is 15.5. The highest BCUT2D eigenvalue weighted by Crippen LogP contribution is 2.38. The predicted octanol–water partition coefficient (Wildman–Crippen LogP) is 0.248. The number of carboxylic acid groups (broad SMARTS) is 1. The summed E-state index contributed by atoms with van der Waals surface area (Å²) in [5.41, 5.74) is 4.62. The molecule has 0 aromatic heterocycles. The zero-order valence-electron chi connectivity index (χ0n) is 10.9. The first kappa shape index (κ1) is 15.4. The van der Waals surface area contributed by atoms with E-state index in [0.717, 1.165) is 19.3 Å². The molecule has 0 radical (unpaired) electrons. The third-order valence-electron chi connectivity index (χ3n) is 3.05. The fraction of sp³-hybridized carbons (Fsp3) is 0.917. The van der Waals surface area contributed by atoms with Gasteiger partial charge in [-0.3, -0.25) is 4.79 Å². The maximum atomic E-state index is 11.1. The van der Waals surface area contributed by atoms with E-state index in [-0.39, 0.29) is 12.5 Å². The molecule has 1 aliphatic carbocycles. The lowest BCUT2D eigenvalue weighted by Gasteiger charge is -2.24. The van der Waals surface area contributed by atoms with Crippen LogP contribution in [0.2, 0.25) is 0 Å². The Morgan fingerprint density at radius 3 is 2.50 bits per heavy atom. The molecule has 18 heavy (non-hydrogen) atoms. The van der Waals surface area contributed by atoms with Crippen LogP contribution in [0.5, 0.6) is 0 Å². The topological polar surface area (TPSA) is 91.0 Å². The minimum atomic E-state index is -1.23. The number of carbonyl (C=O) groups is 1. The number of hydrogen-bond donors (Lipinski definition) is 2. The normalized spacial score (nSPS) is 18.6. The van der Waals surface area contributed by atoms with E-state index in [0.29, 0.717) is 26.4 Å². The van der Waals surface area contributed by atoms with E-state index >= 15 is 0 Å². The van der Waals surface area contributed by atoms with Crippen molar-refractivity contribution in [2.24, 2.45) is 11.7 Å². The van der Waals surface area contributed by atoms with Gasteiger partial charge in [-0.05, 0) is 25.2 Å². The zero-order valence-corrected chi connectivity index (χ0v) is 10.9. The summed E-state index contributed by atoms with van der Waals surface area (Å²) in [4.78, 5) is 11.1. The van der Waals surface area contributed by atoms with Crippen molar-refractivity contribution in [3.8, 4) is 0 Å². The molecule has 1 rings (SSSR count). The van der Waals surface area contributed by atoms with E-state index < -0.39 is 11.5 Å². The zero-order chi connectivity index (χ0) is 13.4. The summed E-state index contributed by atoms with van der Waals surface area (Å²) in [6.45, 7) is 2.16. The number of ether oxygens (including phenoxy) is 3. The van der Waals surface area contributed by atoms with Gasteiger partial charge in [-0.25, -0.2) is 0 Å². The highest BCUT2D eigenvalue weighted by atomic mass is 16.5. The highest BCUT2D eigenvalue weighted by Gasteiger charge is 2.48. The van der Waals surface area contributed by atoms with E-state index in [1.807, 2.05) is 0 Å². The summed E-state index contributed by atoms with van der Waals surface area (Å²) in [6, 6.07) is 0. The van der Waals surface area contributed by atoms with E-state index in [1.165, 1.54) is 0 Å². The molecule has 0 aliphatic heterocycles. The van der Waals surface area contributed by atoms with Crippen LogP contribution in [0.25, 0.3) is 0 Å². The molecule has 6 heteroatoms. The molecule has 1 unspecified atom stereocenters. The second-order valence-corrected chi connectivity index (χ2v) is 4.63. The molecule has 0 spiro atoms. The van der Waals surface area contributed by atoms with Crippen LogP contribution in [0, 0.1) is 5.92 Å². The van der Waals surface area contributed by atoms with Crippen molar-refractivity contribution in [1.29, 1.82) is 0 Å². The SMILES string of the molecule is COCCCOCCOCC(N)(C(=O)O)C1CC1. The second kappa shape index (κ2) is 7.68. The largest absolute Gasteiger partial charge is 0.480 e. The molecule has 1 fully saturated rings. The summed E-state index contributed by atoms with van der Waals surface area (Å²) in [5.74, 6) is -0.927. The van der Waals surface area contributed by atoms with Gasteiger partial charge in [0.25, 0.3) is 0 Å². The quantitative estimate of drug-likeness (QED) is 0.518. The van der Waals surface area contributed by atoms with Crippen molar-refractivity contribution >= 4 is 5.97 Å². The van der Waals surface area contributed by atoms with Gasteiger partial charge in [-0.1, -0.05) is 0 Å². The predicted molar refractivity (Wildman–Crippen MR) is 65.4 cm³/mol. The van der Waals surface area contributed by atoms with Gasteiger partial charge in [0.15, 0.2) is 0 Å². The van der Waals surface area contributed by atoms with Gasteiger partial charge in [0.2, 0.25) is 0 Å². The lowest BCUT2D eigenvalue weighted by Crippen LogP contribution is -2.54. The Balaban J connectivity index is 2.04. The Morgan fingerprint density at radius 1 is 1.28 bits per heavy atom. The van der Waals surface area contributed by atoms with Crippen LogP contribution in [0.1, 0.15) is 19.3 Å². The molecular weight excluding hydrogens is 238 g/mol. The average molecular weight is 261 g/mol. The number of hydrogen-bond acceptors (Lipinski definition) is 5. The van der Waals surface area contributed by atoms with Crippen molar-refractivity contribution in [3.63, 3.8) is 0 Å². The van der Waals surface area contributed by atoms with Crippen molar-refractivity contribution in [2.45, 2.75) is 24.8 Å². The molecule has 1 saturated carbocycles. The highest BCUT2D eigenvalue weighted by molar-refractivity contribution is 5.79. The van der Waals surface area contributed by atoms with Crippen molar-refractivity contribution in [1.82, 2.24) is 0 Å². The van der Waals surface area contributed by atoms with Gasteiger partial charge < -0.3 is 25.1 Å². The first-order chi connectivity index (χ1) is 8.61. The van der Waals surface area contributed by atoms with E-state index in [4.69, 9.17) is 25.1 Å². The fourth-order valence-corrected chi connectivity index (χ4v) is 1.72. The van der Waals surface area contributed by atoms with Crippen LogP contribution >= 0.6 is 0 Å². The second-order valence-electron chi connectivity index (χ2n) is 4.63. The third-order valence-corrected chi connectivity index (χ3v) is 3.05. The average Bonchev–Trinajstić information content (AvgIpc) is 3.16. The van der Waals surface area contributed by atoms with Gasteiger partial charge in [0, 0.05) is 20.3 Å². The first-order valence-electron chi connectivity index (χ1n) is 6.28. The van der Waals surface area contributed by atoms with Gasteiger partial charge in [0.1, 0.15) is 5.54 Å². The Kier molecular flexibility index (Phi) is 6.56. The van der Waals surface area contributed by atoms with E-state index in [9.17, 15) is 4.79 Å². The molecule has 6 nitrogen and oxygen atoms in total. The number of rotatable bonds is 11. The summed E-state index contributed by atoms with van der Waals surface area (Å²) in [6.07, 6.45) is 2.59. The van der Waals surface area contributed by atoms with Crippen LogP contribution in [0.4, 0.5) is 0 Å². The maximum absolute atomic E-state index is 11.1. The van der Waals surface area contributed by atoms with Crippen LogP contribution in [-0.4, -0.2) is 56.8 Å². The minimum absolute atomic E-state index is 0.0500. The van der Waals surface area contributed by atoms with Gasteiger partial charge in [-0.15, -0.1) is 0 Å². The molecule has 0 amide bonds. The van der Waals surface area contributed by atoms with Gasteiger partial charge in [-0.2, -0.15) is 0 Å². The van der Waals surface area contributed by atoms with Gasteiger partial charge in [0.05, 0.1) is 19.8 Å². The van der Waals surface area contributed by atoms with E-state index in [1.54, 1.807) is 7.11 Å². The standard InChI is InChI=1S/C12H23NO5/c1-16-5-2-6-17-7-8-18-9-12(13,11(14)15)10-3-4-10/h10H,2-9,13H2,1H3,(H,14,15). The molecule has 0 bridgehead atoms. The molecule has 0 aromatic carbocycles. The van der Waals surface area contributed by atoms with Crippen molar-refractivity contribution in [2.75, 3.05) is 40.1 Å². The summed E-state index contributed by atoms with van der Waals surface area (Å²) >= 11 is 0. The lowest BCUT2D eigenvalue weighted by atomic mass is 9.96. The van der Waals surface area contributed by atoms with Crippen LogP contribution in [-0.2, 0) is 19.0 Å². The molecule has 0 saturated heterocycles. The summed E-state index contributed by atoms with van der Waals surface area (Å²) in [7, 11) is 1.65. The monoisotopic (exact) mass is 261 g/mol. The molecule has 0 aromatic rings. The molecule has 1 atom stereocenters. The van der Waals surface area contributed by atoms with Crippen molar-refractivity contribution < 1.29 is 24.1 Å². The Bertz CT molecular complexity index is 257. The molecular formula is C12H23NO5. The molecule has 0 heterocycles. The Hall–Kier alpha value is -0.690. The maximum Gasteiger partial charge on any atom is 0.326 e. The lowest BCUT2D eigenvalue weighted by molar-refractivity contribution is -0.147. The van der Waals surface area contributed by atoms with Crippen LogP contribution in [0.3, 0.4) is 0 Å². The van der Waals surface area contributed by atoms with Crippen molar-refractivity contribution in [3.05, 3.63) is 0 Å². The fourth-order valence-electron chi connectivity index (χ4n) is 1.72. The van der Waals surface area contributed by atoms with Crippen LogP contribution in [0.15, 0.2) is 0 Å². The minimum Gasteiger partial charge on any atom is -0.480 e. The number of methoxy groups -OCH3 is 1. The van der Waals surface area contributed by atoms with E-state index in [2.05, 4.69) is 0 Å². The first-order valence-corrected chi connectivity index (χ1v) is 6.28. The number of carboxylic acids is 1. The Morgan fingerprint density at radius 2 is 1.94 bits per heavy atom. The molecule has 106 valence electrons. The third kappa shape index (κ3) is 4.89. The summed E-state index contributed by atoms with van der Waals surface area (Å²) in [5, 5.41) is 9.09. The smallest absolute Gasteiger partial charge is 0.326 e.